The average Bonchev–Trinajstić information content (AvgIpc) is 2.94. The molecular weight excluding hydrogens is 242 g/mol. The van der Waals surface area contributed by atoms with E-state index in [1.165, 1.54) is 0 Å². The van der Waals surface area contributed by atoms with Crippen LogP contribution in [-0.4, -0.2) is 38.7 Å². The number of ketones is 1. The Morgan fingerprint density at radius 3 is 2.63 bits per heavy atom. The summed E-state index contributed by atoms with van der Waals surface area (Å²) in [6.45, 7) is 0.773. The van der Waals surface area contributed by atoms with Crippen LogP contribution in [0.5, 0.6) is 5.75 Å². The van der Waals surface area contributed by atoms with Crippen LogP contribution in [0.25, 0.3) is 0 Å². The molecule has 19 heavy (non-hydrogen) atoms. The topological polar surface area (TPSA) is 47.6 Å². The summed E-state index contributed by atoms with van der Waals surface area (Å²) in [6.07, 6.45) is 2.31. The Labute approximate surface area is 114 Å². The van der Waals surface area contributed by atoms with E-state index in [1.807, 2.05) is 24.3 Å². The SMILES string of the molecule is COc1ccc(CCC(=O)C2CC(OC)CN2)cc1. The van der Waals surface area contributed by atoms with Gasteiger partial charge in [0.1, 0.15) is 11.5 Å². The minimum absolute atomic E-state index is 0.0387. The molecule has 1 aromatic carbocycles. The van der Waals surface area contributed by atoms with Gasteiger partial charge in [0, 0.05) is 20.1 Å². The smallest absolute Gasteiger partial charge is 0.150 e. The Balaban J connectivity index is 1.80. The third-order valence-corrected chi connectivity index (χ3v) is 3.63. The minimum Gasteiger partial charge on any atom is -0.497 e. The molecule has 0 aromatic heterocycles. The summed E-state index contributed by atoms with van der Waals surface area (Å²) >= 11 is 0. The molecule has 4 heteroatoms. The third kappa shape index (κ3) is 3.78. The zero-order valence-electron chi connectivity index (χ0n) is 11.5. The van der Waals surface area contributed by atoms with E-state index in [2.05, 4.69) is 5.32 Å². The molecule has 1 aromatic rings. The first-order valence-corrected chi connectivity index (χ1v) is 6.64. The van der Waals surface area contributed by atoms with Gasteiger partial charge in [-0.2, -0.15) is 0 Å². The maximum Gasteiger partial charge on any atom is 0.150 e. The van der Waals surface area contributed by atoms with Crippen molar-refractivity contribution in [3.8, 4) is 5.75 Å². The van der Waals surface area contributed by atoms with Crippen molar-refractivity contribution in [2.24, 2.45) is 0 Å². The van der Waals surface area contributed by atoms with Crippen molar-refractivity contribution >= 4 is 5.78 Å². The molecule has 1 fully saturated rings. The monoisotopic (exact) mass is 263 g/mol. The van der Waals surface area contributed by atoms with Crippen LogP contribution in [0.2, 0.25) is 0 Å². The number of carbonyl (C=O) groups excluding carboxylic acids is 1. The molecule has 2 rings (SSSR count). The summed E-state index contributed by atoms with van der Waals surface area (Å²) in [5.41, 5.74) is 1.16. The molecule has 1 heterocycles. The lowest BCUT2D eigenvalue weighted by molar-refractivity contribution is -0.120. The predicted molar refractivity (Wildman–Crippen MR) is 73.5 cm³/mol. The molecular formula is C15H21NO3. The molecule has 4 nitrogen and oxygen atoms in total. The lowest BCUT2D eigenvalue weighted by Gasteiger charge is -2.09. The van der Waals surface area contributed by atoms with Gasteiger partial charge in [0.2, 0.25) is 0 Å². The van der Waals surface area contributed by atoms with E-state index < -0.39 is 0 Å². The average molecular weight is 263 g/mol. The molecule has 0 saturated carbocycles. The molecule has 1 saturated heterocycles. The summed E-state index contributed by atoms with van der Waals surface area (Å²) in [4.78, 5) is 12.1. The first kappa shape index (κ1) is 14.0. The highest BCUT2D eigenvalue weighted by molar-refractivity contribution is 5.84. The van der Waals surface area contributed by atoms with Crippen LogP contribution in [0.4, 0.5) is 0 Å². The number of benzene rings is 1. The van der Waals surface area contributed by atoms with Crippen LogP contribution in [-0.2, 0) is 16.0 Å². The third-order valence-electron chi connectivity index (χ3n) is 3.63. The second kappa shape index (κ2) is 6.68. The Bertz CT molecular complexity index is 416. The second-order valence-electron chi connectivity index (χ2n) is 4.87. The van der Waals surface area contributed by atoms with Crippen LogP contribution < -0.4 is 10.1 Å². The largest absolute Gasteiger partial charge is 0.497 e. The van der Waals surface area contributed by atoms with Gasteiger partial charge in [-0.25, -0.2) is 0 Å². The van der Waals surface area contributed by atoms with E-state index >= 15 is 0 Å². The van der Waals surface area contributed by atoms with Gasteiger partial charge in [0.15, 0.2) is 0 Å². The number of Topliss-reactive ketones (excluding diaryl/α,β-unsaturated/α-hetero) is 1. The van der Waals surface area contributed by atoms with Crippen molar-refractivity contribution in [3.63, 3.8) is 0 Å². The van der Waals surface area contributed by atoms with Gasteiger partial charge < -0.3 is 14.8 Å². The fraction of sp³-hybridized carbons (Fsp3) is 0.533. The van der Waals surface area contributed by atoms with E-state index in [9.17, 15) is 4.79 Å². The van der Waals surface area contributed by atoms with E-state index in [4.69, 9.17) is 9.47 Å². The summed E-state index contributed by atoms with van der Waals surface area (Å²) in [7, 11) is 3.34. The van der Waals surface area contributed by atoms with Crippen LogP contribution in [0.15, 0.2) is 24.3 Å². The van der Waals surface area contributed by atoms with Gasteiger partial charge in [-0.05, 0) is 30.5 Å². The molecule has 0 radical (unpaired) electrons. The number of rotatable bonds is 6. The highest BCUT2D eigenvalue weighted by atomic mass is 16.5. The Hall–Kier alpha value is -1.39. The number of hydrogen-bond acceptors (Lipinski definition) is 4. The zero-order valence-corrected chi connectivity index (χ0v) is 11.5. The fourth-order valence-corrected chi connectivity index (χ4v) is 2.36. The number of hydrogen-bond donors (Lipinski definition) is 1. The van der Waals surface area contributed by atoms with Gasteiger partial charge in [-0.15, -0.1) is 0 Å². The van der Waals surface area contributed by atoms with Crippen LogP contribution in [0.3, 0.4) is 0 Å². The van der Waals surface area contributed by atoms with Crippen molar-refractivity contribution in [3.05, 3.63) is 29.8 Å². The first-order chi connectivity index (χ1) is 9.22. The maximum atomic E-state index is 12.1. The molecule has 2 atom stereocenters. The second-order valence-corrected chi connectivity index (χ2v) is 4.87. The first-order valence-electron chi connectivity index (χ1n) is 6.64. The quantitative estimate of drug-likeness (QED) is 0.846. The lowest BCUT2D eigenvalue weighted by atomic mass is 10.0. The summed E-state index contributed by atoms with van der Waals surface area (Å²) in [5.74, 6) is 1.12. The Kier molecular flexibility index (Phi) is 4.93. The number of carbonyl (C=O) groups is 1. The van der Waals surface area contributed by atoms with E-state index in [1.54, 1.807) is 14.2 Å². The molecule has 104 valence electrons. The summed E-state index contributed by atoms with van der Waals surface area (Å²) < 4.78 is 10.4. The normalized spacial score (nSPS) is 22.4. The van der Waals surface area contributed by atoms with Crippen LogP contribution >= 0.6 is 0 Å². The number of methoxy groups -OCH3 is 2. The van der Waals surface area contributed by atoms with Crippen molar-refractivity contribution in [1.29, 1.82) is 0 Å². The predicted octanol–water partition coefficient (Wildman–Crippen LogP) is 1.57. The molecule has 0 amide bonds. The molecule has 0 aliphatic carbocycles. The van der Waals surface area contributed by atoms with Crippen molar-refractivity contribution in [1.82, 2.24) is 5.32 Å². The highest BCUT2D eigenvalue weighted by Gasteiger charge is 2.28. The van der Waals surface area contributed by atoms with Gasteiger partial charge >= 0.3 is 0 Å². The molecule has 0 spiro atoms. The zero-order chi connectivity index (χ0) is 13.7. The van der Waals surface area contributed by atoms with Crippen LogP contribution in [0.1, 0.15) is 18.4 Å². The summed E-state index contributed by atoms with van der Waals surface area (Å²) in [6, 6.07) is 7.82. The van der Waals surface area contributed by atoms with Gasteiger partial charge in [-0.1, -0.05) is 12.1 Å². The maximum absolute atomic E-state index is 12.1. The molecule has 1 N–H and O–H groups in total. The molecule has 1 aliphatic rings. The molecule has 1 aliphatic heterocycles. The standard InChI is InChI=1S/C15H21NO3/c1-18-12-6-3-11(4-7-12)5-8-15(17)14-9-13(19-2)10-16-14/h3-4,6-7,13-14,16H,5,8-10H2,1-2H3. The molecule has 0 bridgehead atoms. The van der Waals surface area contributed by atoms with E-state index in [-0.39, 0.29) is 17.9 Å². The van der Waals surface area contributed by atoms with Crippen LogP contribution in [0, 0.1) is 0 Å². The number of nitrogens with one attached hydrogen (secondary N) is 1. The number of aryl methyl sites for hydroxylation is 1. The summed E-state index contributed by atoms with van der Waals surface area (Å²) in [5, 5.41) is 3.22. The Morgan fingerprint density at radius 2 is 2.05 bits per heavy atom. The van der Waals surface area contributed by atoms with Gasteiger partial charge in [0.05, 0.1) is 19.3 Å². The van der Waals surface area contributed by atoms with Crippen molar-refractivity contribution < 1.29 is 14.3 Å². The van der Waals surface area contributed by atoms with Crippen molar-refractivity contribution in [2.75, 3.05) is 20.8 Å². The highest BCUT2D eigenvalue weighted by Crippen LogP contribution is 2.15. The molecule has 2 unspecified atom stereocenters. The fourth-order valence-electron chi connectivity index (χ4n) is 2.36. The van der Waals surface area contributed by atoms with E-state index in [0.717, 1.165) is 30.7 Å². The lowest BCUT2D eigenvalue weighted by Crippen LogP contribution is -2.30. The van der Waals surface area contributed by atoms with E-state index in [0.29, 0.717) is 6.42 Å². The number of ether oxygens (including phenoxy) is 2. The van der Waals surface area contributed by atoms with Crippen molar-refractivity contribution in [2.45, 2.75) is 31.4 Å². The van der Waals surface area contributed by atoms with Gasteiger partial charge in [0.25, 0.3) is 0 Å². The minimum atomic E-state index is -0.0387. The Morgan fingerprint density at radius 1 is 1.32 bits per heavy atom. The van der Waals surface area contributed by atoms with Gasteiger partial charge in [-0.3, -0.25) is 4.79 Å².